The van der Waals surface area contributed by atoms with Crippen LogP contribution in [0.25, 0.3) is 0 Å². The Morgan fingerprint density at radius 3 is 2.44 bits per heavy atom. The Bertz CT molecular complexity index is 595. The highest BCUT2D eigenvalue weighted by molar-refractivity contribution is 14.0. The Morgan fingerprint density at radius 1 is 1.24 bits per heavy atom. The first-order chi connectivity index (χ1) is 11.0. The van der Waals surface area contributed by atoms with Crippen LogP contribution in [0.1, 0.15) is 47.1 Å². The second-order valence-corrected chi connectivity index (χ2v) is 7.39. The molecule has 0 saturated heterocycles. The number of hydrogen-bond acceptors (Lipinski definition) is 3. The van der Waals surface area contributed by atoms with Crippen molar-refractivity contribution in [3.8, 4) is 0 Å². The molecule has 0 heterocycles. The van der Waals surface area contributed by atoms with Crippen LogP contribution in [0.15, 0.2) is 29.3 Å². The van der Waals surface area contributed by atoms with E-state index in [0.29, 0.717) is 12.5 Å². The second-order valence-electron chi connectivity index (χ2n) is 7.39. The minimum Gasteiger partial charge on any atom is -0.444 e. The molecule has 0 aliphatic heterocycles. The molecule has 1 aromatic carbocycles. The lowest BCUT2D eigenvalue weighted by Crippen LogP contribution is -2.48. The molecule has 0 fully saturated rings. The number of rotatable bonds is 5. The highest BCUT2D eigenvalue weighted by Crippen LogP contribution is 2.12. The van der Waals surface area contributed by atoms with Crippen molar-refractivity contribution in [1.82, 2.24) is 5.32 Å². The molecule has 142 valence electrons. The number of nitrogens with two attached hydrogens (primary N) is 1. The zero-order valence-electron chi connectivity index (χ0n) is 16.0. The molecule has 0 aliphatic carbocycles. The van der Waals surface area contributed by atoms with Gasteiger partial charge in [0.25, 0.3) is 0 Å². The predicted molar refractivity (Wildman–Crippen MR) is 115 cm³/mol. The molecule has 0 atom stereocenters. The van der Waals surface area contributed by atoms with Crippen molar-refractivity contribution in [3.05, 3.63) is 29.8 Å². The van der Waals surface area contributed by atoms with E-state index in [1.807, 2.05) is 52.8 Å². The van der Waals surface area contributed by atoms with Crippen molar-refractivity contribution in [1.29, 1.82) is 0 Å². The van der Waals surface area contributed by atoms with Crippen LogP contribution < -0.4 is 16.4 Å². The third-order valence-corrected chi connectivity index (χ3v) is 3.09. The molecule has 0 saturated carbocycles. The first kappa shape index (κ1) is 23.5. The first-order valence-corrected chi connectivity index (χ1v) is 8.18. The van der Waals surface area contributed by atoms with Gasteiger partial charge in [0.1, 0.15) is 5.60 Å². The molecular weight excluding hydrogens is 431 g/mol. The minimum absolute atomic E-state index is 0. The molecule has 25 heavy (non-hydrogen) atoms. The van der Waals surface area contributed by atoms with E-state index in [1.54, 1.807) is 0 Å². The number of carbonyl (C=O) groups is 1. The fourth-order valence-electron chi connectivity index (χ4n) is 1.96. The van der Waals surface area contributed by atoms with Gasteiger partial charge in [-0.1, -0.05) is 19.1 Å². The zero-order chi connectivity index (χ0) is 18.4. The van der Waals surface area contributed by atoms with Gasteiger partial charge in [0, 0.05) is 5.69 Å². The number of nitrogens with zero attached hydrogens (tertiary/aromatic N) is 1. The summed E-state index contributed by atoms with van der Waals surface area (Å²) in [5.74, 6) is 0.308. The third kappa shape index (κ3) is 10.2. The number of nitrogens with one attached hydrogen (secondary N) is 2. The van der Waals surface area contributed by atoms with Crippen molar-refractivity contribution < 1.29 is 9.53 Å². The van der Waals surface area contributed by atoms with Gasteiger partial charge >= 0.3 is 6.09 Å². The van der Waals surface area contributed by atoms with Crippen molar-refractivity contribution >= 4 is 41.7 Å². The van der Waals surface area contributed by atoms with Crippen molar-refractivity contribution in [2.45, 2.75) is 59.1 Å². The monoisotopic (exact) mass is 462 g/mol. The Balaban J connectivity index is 0.00000576. The number of anilines is 1. The van der Waals surface area contributed by atoms with E-state index in [4.69, 9.17) is 10.5 Å². The van der Waals surface area contributed by atoms with Crippen LogP contribution >= 0.6 is 24.0 Å². The predicted octanol–water partition coefficient (Wildman–Crippen LogP) is 3.90. The SMILES string of the molecule is CCc1cccc(NC(N)=NCC(C)(C)NC(=O)OC(C)(C)C)c1.I. The van der Waals surface area contributed by atoms with Gasteiger partial charge < -0.3 is 21.1 Å². The summed E-state index contributed by atoms with van der Waals surface area (Å²) in [7, 11) is 0. The number of amides is 1. The van der Waals surface area contributed by atoms with Gasteiger partial charge in [-0.15, -0.1) is 24.0 Å². The average Bonchev–Trinajstić information content (AvgIpc) is 2.43. The van der Waals surface area contributed by atoms with E-state index in [9.17, 15) is 4.79 Å². The fraction of sp³-hybridized carbons (Fsp3) is 0.556. The first-order valence-electron chi connectivity index (χ1n) is 8.18. The molecule has 7 heteroatoms. The summed E-state index contributed by atoms with van der Waals surface area (Å²) in [5.41, 5.74) is 6.95. The summed E-state index contributed by atoms with van der Waals surface area (Å²) in [4.78, 5) is 16.2. The lowest BCUT2D eigenvalue weighted by atomic mass is 10.1. The number of alkyl carbamates (subject to hydrolysis) is 1. The molecular formula is C18H31IN4O2. The van der Waals surface area contributed by atoms with Gasteiger partial charge in [-0.2, -0.15) is 0 Å². The van der Waals surface area contributed by atoms with Crippen LogP contribution in [0.2, 0.25) is 0 Å². The summed E-state index contributed by atoms with van der Waals surface area (Å²) in [6.07, 6.45) is 0.490. The van der Waals surface area contributed by atoms with Crippen LogP contribution in [0, 0.1) is 0 Å². The quantitative estimate of drug-likeness (QED) is 0.352. The standard InChI is InChI=1S/C18H30N4O2.HI/c1-7-13-9-8-10-14(11-13)21-15(19)20-12-18(5,6)22-16(23)24-17(2,3)4;/h8-11H,7,12H2,1-6H3,(H,22,23)(H3,19,20,21);1H. The third-order valence-electron chi connectivity index (χ3n) is 3.09. The van der Waals surface area contributed by atoms with Crippen molar-refractivity contribution in [2.75, 3.05) is 11.9 Å². The van der Waals surface area contributed by atoms with Crippen LogP contribution in [-0.4, -0.2) is 29.7 Å². The molecule has 1 amide bonds. The molecule has 1 rings (SSSR count). The number of benzene rings is 1. The van der Waals surface area contributed by atoms with Crippen LogP contribution in [0.3, 0.4) is 0 Å². The molecule has 0 aliphatic rings. The maximum atomic E-state index is 11.9. The van der Waals surface area contributed by atoms with Gasteiger partial charge in [-0.05, 0) is 58.7 Å². The Morgan fingerprint density at radius 2 is 1.88 bits per heavy atom. The molecule has 1 aromatic rings. The fourth-order valence-corrected chi connectivity index (χ4v) is 1.96. The van der Waals surface area contributed by atoms with Gasteiger partial charge in [-0.3, -0.25) is 4.99 Å². The van der Waals surface area contributed by atoms with Crippen LogP contribution in [0.5, 0.6) is 0 Å². The summed E-state index contributed by atoms with van der Waals surface area (Å²) in [5, 5.41) is 5.86. The molecule has 0 aromatic heterocycles. The summed E-state index contributed by atoms with van der Waals surface area (Å²) in [6.45, 7) is 11.6. The minimum atomic E-state index is -0.570. The lowest BCUT2D eigenvalue weighted by Gasteiger charge is -2.27. The van der Waals surface area contributed by atoms with Crippen molar-refractivity contribution in [3.63, 3.8) is 0 Å². The van der Waals surface area contributed by atoms with E-state index in [2.05, 4.69) is 28.6 Å². The number of halogens is 1. The highest BCUT2D eigenvalue weighted by atomic mass is 127. The number of guanidine groups is 1. The highest BCUT2D eigenvalue weighted by Gasteiger charge is 2.24. The molecule has 6 nitrogen and oxygen atoms in total. The molecule has 0 bridgehead atoms. The largest absolute Gasteiger partial charge is 0.444 e. The summed E-state index contributed by atoms with van der Waals surface area (Å²) >= 11 is 0. The second kappa shape index (κ2) is 9.84. The van der Waals surface area contributed by atoms with Gasteiger partial charge in [0.15, 0.2) is 5.96 Å². The van der Waals surface area contributed by atoms with E-state index < -0.39 is 17.2 Å². The lowest BCUT2D eigenvalue weighted by molar-refractivity contribution is 0.0476. The number of carbonyl (C=O) groups excluding carboxylic acids is 1. The average molecular weight is 462 g/mol. The summed E-state index contributed by atoms with van der Waals surface area (Å²) < 4.78 is 5.26. The zero-order valence-corrected chi connectivity index (χ0v) is 18.3. The molecule has 0 radical (unpaired) electrons. The van der Waals surface area contributed by atoms with Crippen molar-refractivity contribution in [2.24, 2.45) is 10.7 Å². The Labute approximate surface area is 168 Å². The van der Waals surface area contributed by atoms with E-state index >= 15 is 0 Å². The van der Waals surface area contributed by atoms with Gasteiger partial charge in [0.2, 0.25) is 0 Å². The Hall–Kier alpha value is -1.51. The summed E-state index contributed by atoms with van der Waals surface area (Å²) in [6, 6.07) is 8.01. The number of ether oxygens (including phenoxy) is 1. The normalized spacial score (nSPS) is 12.2. The Kier molecular flexibility index (Phi) is 9.24. The van der Waals surface area contributed by atoms with E-state index in [0.717, 1.165) is 12.1 Å². The van der Waals surface area contributed by atoms with E-state index in [-0.39, 0.29) is 24.0 Å². The smallest absolute Gasteiger partial charge is 0.408 e. The topological polar surface area (TPSA) is 88.7 Å². The molecule has 0 unspecified atom stereocenters. The maximum absolute atomic E-state index is 11.9. The number of aryl methyl sites for hydroxylation is 1. The number of hydrogen-bond donors (Lipinski definition) is 3. The van der Waals surface area contributed by atoms with Crippen LogP contribution in [-0.2, 0) is 11.2 Å². The molecule has 0 spiro atoms. The number of aliphatic imine (C=N–C) groups is 1. The molecule has 4 N–H and O–H groups in total. The maximum Gasteiger partial charge on any atom is 0.408 e. The van der Waals surface area contributed by atoms with Gasteiger partial charge in [-0.25, -0.2) is 4.79 Å². The van der Waals surface area contributed by atoms with Crippen LogP contribution in [0.4, 0.5) is 10.5 Å². The van der Waals surface area contributed by atoms with E-state index in [1.165, 1.54) is 5.56 Å². The van der Waals surface area contributed by atoms with Gasteiger partial charge in [0.05, 0.1) is 12.1 Å².